The molecule has 0 amide bonds. The van der Waals surface area contributed by atoms with Crippen molar-refractivity contribution >= 4 is 12.3 Å². The summed E-state index contributed by atoms with van der Waals surface area (Å²) in [5.74, 6) is -0.368. The number of rotatable bonds is 32. The van der Waals surface area contributed by atoms with E-state index < -0.39 is 12.0 Å². The molecule has 0 aromatic heterocycles. The molecule has 0 unspecified atom stereocenters. The Morgan fingerprint density at radius 1 is 0.727 bits per heavy atom. The Bertz CT molecular complexity index is 1400. The molecule has 2 aromatic rings. The van der Waals surface area contributed by atoms with Gasteiger partial charge in [0.25, 0.3) is 0 Å². The molecule has 308 valence electrons. The first-order chi connectivity index (χ1) is 26.5. The highest BCUT2D eigenvalue weighted by Crippen LogP contribution is 2.39. The number of phenols is 2. The fourth-order valence-corrected chi connectivity index (χ4v) is 4.88. The van der Waals surface area contributed by atoms with Crippen LogP contribution in [0.3, 0.4) is 0 Å². The Kier molecular flexibility index (Phi) is 23.4. The van der Waals surface area contributed by atoms with Crippen LogP contribution in [0, 0.1) is 0 Å². The standard InChI is InChI=1S/C40H59NO14/c1-6-10-41(11-7-2)33(26-31-8-9-34(44)35(45)27-31)39(46)54-24-20-50-19-23-53-38-36(51-13-12-42)28-32(30-43)29-37(38)52-22-18-48-16-14-47-15-17-49-21-25-55-40(3,4)5/h6-9,27-30,33,42,44-45H,1-2,10-26H2,3-5H3/t33-/m0/s1. The minimum atomic E-state index is -0.721. The van der Waals surface area contributed by atoms with Crippen molar-refractivity contribution in [3.63, 3.8) is 0 Å². The number of carbonyl (C=O) groups excluding carboxylic acids is 2. The van der Waals surface area contributed by atoms with Gasteiger partial charge < -0.3 is 58.0 Å². The van der Waals surface area contributed by atoms with Crippen LogP contribution >= 0.6 is 0 Å². The van der Waals surface area contributed by atoms with Crippen molar-refractivity contribution < 1.29 is 67.5 Å². The molecular formula is C40H59NO14. The van der Waals surface area contributed by atoms with Gasteiger partial charge in [-0.2, -0.15) is 0 Å². The maximum atomic E-state index is 13.2. The first-order valence-electron chi connectivity index (χ1n) is 18.2. The second kappa shape index (κ2) is 27.4. The fraction of sp³-hybridized carbons (Fsp3) is 0.550. The summed E-state index contributed by atoms with van der Waals surface area (Å²) >= 11 is 0. The van der Waals surface area contributed by atoms with Gasteiger partial charge >= 0.3 is 5.97 Å². The number of ether oxygens (including phenoxy) is 9. The molecule has 0 heterocycles. The largest absolute Gasteiger partial charge is 0.504 e. The van der Waals surface area contributed by atoms with Crippen molar-refractivity contribution in [1.82, 2.24) is 4.90 Å². The van der Waals surface area contributed by atoms with Crippen LogP contribution in [-0.4, -0.2) is 150 Å². The van der Waals surface area contributed by atoms with Gasteiger partial charge in [0.05, 0.1) is 71.7 Å². The predicted molar refractivity (Wildman–Crippen MR) is 205 cm³/mol. The lowest BCUT2D eigenvalue weighted by Crippen LogP contribution is -2.44. The zero-order chi connectivity index (χ0) is 40.3. The summed E-state index contributed by atoms with van der Waals surface area (Å²) in [5.41, 5.74) is 0.719. The molecule has 0 aliphatic carbocycles. The predicted octanol–water partition coefficient (Wildman–Crippen LogP) is 3.75. The smallest absolute Gasteiger partial charge is 0.323 e. The van der Waals surface area contributed by atoms with Crippen molar-refractivity contribution in [2.45, 2.75) is 38.8 Å². The van der Waals surface area contributed by atoms with Gasteiger partial charge in [-0.05, 0) is 57.0 Å². The van der Waals surface area contributed by atoms with E-state index in [-0.39, 0.29) is 99.2 Å². The second-order valence-corrected chi connectivity index (χ2v) is 12.9. The number of aliphatic hydroxyl groups is 1. The van der Waals surface area contributed by atoms with Crippen molar-refractivity contribution in [2.24, 2.45) is 0 Å². The van der Waals surface area contributed by atoms with E-state index in [1.807, 2.05) is 25.7 Å². The highest BCUT2D eigenvalue weighted by Gasteiger charge is 2.27. The third-order valence-corrected chi connectivity index (χ3v) is 7.38. The molecule has 15 heteroatoms. The van der Waals surface area contributed by atoms with E-state index in [1.54, 1.807) is 18.2 Å². The summed E-state index contributed by atoms with van der Waals surface area (Å²) in [6.45, 7) is 17.2. The average Bonchev–Trinajstić information content (AvgIpc) is 3.15. The molecule has 0 bridgehead atoms. The normalized spacial score (nSPS) is 11.9. The molecule has 0 saturated heterocycles. The van der Waals surface area contributed by atoms with Crippen LogP contribution in [0.5, 0.6) is 28.7 Å². The van der Waals surface area contributed by atoms with Crippen LogP contribution in [0.25, 0.3) is 0 Å². The minimum Gasteiger partial charge on any atom is -0.504 e. The average molecular weight is 778 g/mol. The molecule has 1 atom stereocenters. The minimum absolute atomic E-state index is 0.0364. The van der Waals surface area contributed by atoms with Crippen LogP contribution in [0.15, 0.2) is 55.6 Å². The Morgan fingerprint density at radius 3 is 1.78 bits per heavy atom. The van der Waals surface area contributed by atoms with E-state index >= 15 is 0 Å². The molecule has 0 radical (unpaired) electrons. The topological polar surface area (TPSA) is 181 Å². The SMILES string of the molecule is C=CCN(CC=C)[C@@H](Cc1ccc(O)c(O)c1)C(=O)OCCOCCOc1c(OCCO)cc(C=O)cc1OCCOCCOCCOCCOC(C)(C)C. The zero-order valence-electron chi connectivity index (χ0n) is 32.4. The Morgan fingerprint density at radius 2 is 1.25 bits per heavy atom. The van der Waals surface area contributed by atoms with Crippen molar-refractivity contribution in [3.05, 3.63) is 66.8 Å². The van der Waals surface area contributed by atoms with E-state index in [0.29, 0.717) is 64.6 Å². The molecule has 0 aliphatic rings. The number of nitrogens with zero attached hydrogens (tertiary/aromatic N) is 1. The first-order valence-corrected chi connectivity index (χ1v) is 18.2. The monoisotopic (exact) mass is 777 g/mol. The number of aliphatic hydroxyl groups excluding tert-OH is 1. The number of hydrogen-bond donors (Lipinski definition) is 3. The van der Waals surface area contributed by atoms with Crippen molar-refractivity contribution in [1.29, 1.82) is 0 Å². The molecular weight excluding hydrogens is 718 g/mol. The number of aldehydes is 1. The summed E-state index contributed by atoms with van der Waals surface area (Å²) in [6, 6.07) is 6.67. The lowest BCUT2D eigenvalue weighted by Gasteiger charge is -2.28. The summed E-state index contributed by atoms with van der Waals surface area (Å²) < 4.78 is 50.9. The van der Waals surface area contributed by atoms with Crippen molar-refractivity contribution in [3.8, 4) is 28.7 Å². The van der Waals surface area contributed by atoms with Gasteiger partial charge in [0.15, 0.2) is 23.0 Å². The lowest BCUT2D eigenvalue weighted by atomic mass is 10.0. The Labute approximate surface area is 324 Å². The number of hydrogen-bond acceptors (Lipinski definition) is 15. The third-order valence-electron chi connectivity index (χ3n) is 7.38. The highest BCUT2D eigenvalue weighted by atomic mass is 16.6. The van der Waals surface area contributed by atoms with E-state index in [2.05, 4.69) is 13.2 Å². The van der Waals surface area contributed by atoms with Crippen LogP contribution < -0.4 is 14.2 Å². The van der Waals surface area contributed by atoms with Gasteiger partial charge in [0.2, 0.25) is 5.75 Å². The number of aromatic hydroxyl groups is 2. The van der Waals surface area contributed by atoms with E-state index in [4.69, 9.17) is 42.6 Å². The molecule has 2 rings (SSSR count). The first kappa shape index (κ1) is 46.9. The molecule has 2 aromatic carbocycles. The van der Waals surface area contributed by atoms with Crippen LogP contribution in [-0.2, 0) is 39.6 Å². The van der Waals surface area contributed by atoms with Gasteiger partial charge in [-0.3, -0.25) is 14.5 Å². The quantitative estimate of drug-likeness (QED) is 0.0321. The van der Waals surface area contributed by atoms with E-state index in [0.717, 1.165) is 0 Å². The van der Waals surface area contributed by atoms with Gasteiger partial charge in [0, 0.05) is 18.7 Å². The maximum absolute atomic E-state index is 13.2. The Hall–Kier alpha value is -4.22. The maximum Gasteiger partial charge on any atom is 0.323 e. The molecule has 3 N–H and O–H groups in total. The van der Waals surface area contributed by atoms with Crippen LogP contribution in [0.1, 0.15) is 36.7 Å². The lowest BCUT2D eigenvalue weighted by molar-refractivity contribution is -0.151. The summed E-state index contributed by atoms with van der Waals surface area (Å²) in [4.78, 5) is 26.7. The van der Waals surface area contributed by atoms with Crippen LogP contribution in [0.2, 0.25) is 0 Å². The number of esters is 1. The number of carbonyl (C=O) groups is 2. The second-order valence-electron chi connectivity index (χ2n) is 12.9. The summed E-state index contributed by atoms with van der Waals surface area (Å²) in [6.07, 6.45) is 4.19. The molecule has 0 aliphatic heterocycles. The third kappa shape index (κ3) is 19.8. The summed E-state index contributed by atoms with van der Waals surface area (Å²) in [5, 5.41) is 28.9. The molecule has 15 nitrogen and oxygen atoms in total. The number of benzene rings is 2. The highest BCUT2D eigenvalue weighted by molar-refractivity contribution is 5.78. The number of phenolic OH excluding ortho intramolecular Hbond substituents is 2. The zero-order valence-corrected chi connectivity index (χ0v) is 32.4. The molecule has 0 saturated carbocycles. The fourth-order valence-electron chi connectivity index (χ4n) is 4.88. The molecule has 0 spiro atoms. The van der Waals surface area contributed by atoms with Gasteiger partial charge in [-0.15, -0.1) is 13.2 Å². The van der Waals surface area contributed by atoms with Gasteiger partial charge in [-0.25, -0.2) is 0 Å². The summed E-state index contributed by atoms with van der Waals surface area (Å²) in [7, 11) is 0. The van der Waals surface area contributed by atoms with Gasteiger partial charge in [0.1, 0.15) is 38.8 Å². The Balaban J connectivity index is 1.83. The van der Waals surface area contributed by atoms with Crippen LogP contribution in [0.4, 0.5) is 0 Å². The molecule has 55 heavy (non-hydrogen) atoms. The van der Waals surface area contributed by atoms with E-state index in [1.165, 1.54) is 24.3 Å². The van der Waals surface area contributed by atoms with Gasteiger partial charge in [-0.1, -0.05) is 18.2 Å². The molecule has 0 fully saturated rings. The van der Waals surface area contributed by atoms with E-state index in [9.17, 15) is 24.9 Å². The van der Waals surface area contributed by atoms with Crippen molar-refractivity contribution in [2.75, 3.05) is 106 Å².